The summed E-state index contributed by atoms with van der Waals surface area (Å²) in [7, 11) is 2.23. The third-order valence-electron chi connectivity index (χ3n) is 3.84. The highest BCUT2D eigenvalue weighted by molar-refractivity contribution is 7.99. The molecule has 2 rings (SSSR count). The average molecular weight is 264 g/mol. The monoisotopic (exact) mass is 264 g/mol. The molecule has 0 aliphatic carbocycles. The standard InChI is InChI=1S/C15H24N2S/c1-11-4-6-13(7-5-11)15(12(2)16)17(3)14-8-9-18-10-14/h4-7,12,14-15H,8-10,16H2,1-3H3. The van der Waals surface area contributed by atoms with E-state index in [2.05, 4.69) is 61.8 Å². The van der Waals surface area contributed by atoms with Crippen molar-refractivity contribution in [2.24, 2.45) is 5.73 Å². The van der Waals surface area contributed by atoms with Gasteiger partial charge in [0.25, 0.3) is 0 Å². The van der Waals surface area contributed by atoms with Crippen molar-refractivity contribution in [3.63, 3.8) is 0 Å². The van der Waals surface area contributed by atoms with E-state index in [-0.39, 0.29) is 6.04 Å². The second-order valence-corrected chi connectivity index (χ2v) is 6.55. The van der Waals surface area contributed by atoms with Crippen LogP contribution < -0.4 is 5.73 Å². The molecule has 0 saturated carbocycles. The van der Waals surface area contributed by atoms with Crippen LogP contribution in [0.4, 0.5) is 0 Å². The first-order chi connectivity index (χ1) is 8.59. The number of benzene rings is 1. The minimum Gasteiger partial charge on any atom is -0.326 e. The lowest BCUT2D eigenvalue weighted by Gasteiger charge is -2.35. The van der Waals surface area contributed by atoms with Crippen molar-refractivity contribution >= 4 is 11.8 Å². The first kappa shape index (κ1) is 13.9. The van der Waals surface area contributed by atoms with Crippen LogP contribution in [0.1, 0.15) is 30.5 Å². The zero-order valence-corrected chi connectivity index (χ0v) is 12.4. The first-order valence-corrected chi connectivity index (χ1v) is 7.87. The first-order valence-electron chi connectivity index (χ1n) is 6.71. The molecular formula is C15H24N2S. The number of likely N-dealkylation sites (N-methyl/N-ethyl adjacent to an activating group) is 1. The predicted molar refractivity (Wildman–Crippen MR) is 81.1 cm³/mol. The second-order valence-electron chi connectivity index (χ2n) is 5.40. The number of rotatable bonds is 4. The molecule has 0 amide bonds. The molecule has 100 valence electrons. The maximum atomic E-state index is 6.23. The van der Waals surface area contributed by atoms with E-state index in [1.807, 2.05) is 0 Å². The molecule has 2 N–H and O–H groups in total. The molecule has 1 fully saturated rings. The van der Waals surface area contributed by atoms with Crippen molar-refractivity contribution in [2.75, 3.05) is 18.6 Å². The maximum Gasteiger partial charge on any atom is 0.0496 e. The molecule has 1 heterocycles. The van der Waals surface area contributed by atoms with Gasteiger partial charge in [-0.1, -0.05) is 29.8 Å². The van der Waals surface area contributed by atoms with Gasteiger partial charge in [0.2, 0.25) is 0 Å². The van der Waals surface area contributed by atoms with Crippen LogP contribution in [0, 0.1) is 6.92 Å². The van der Waals surface area contributed by atoms with Crippen molar-refractivity contribution < 1.29 is 0 Å². The van der Waals surface area contributed by atoms with E-state index in [1.165, 1.54) is 29.1 Å². The van der Waals surface area contributed by atoms with Gasteiger partial charge in [0.05, 0.1) is 0 Å². The van der Waals surface area contributed by atoms with Crippen LogP contribution in [0.5, 0.6) is 0 Å². The Bertz CT molecular complexity index is 369. The number of nitrogens with zero attached hydrogens (tertiary/aromatic N) is 1. The highest BCUT2D eigenvalue weighted by Crippen LogP contribution is 2.30. The Morgan fingerprint density at radius 2 is 2.00 bits per heavy atom. The van der Waals surface area contributed by atoms with Crippen LogP contribution in [0.15, 0.2) is 24.3 Å². The zero-order chi connectivity index (χ0) is 13.1. The van der Waals surface area contributed by atoms with E-state index in [1.54, 1.807) is 0 Å². The molecule has 3 heteroatoms. The van der Waals surface area contributed by atoms with E-state index in [4.69, 9.17) is 5.73 Å². The molecule has 1 saturated heterocycles. The predicted octanol–water partition coefficient (Wildman–Crippen LogP) is 2.82. The molecule has 1 aromatic carbocycles. The minimum absolute atomic E-state index is 0.156. The molecule has 0 spiro atoms. The molecule has 0 aromatic heterocycles. The third-order valence-corrected chi connectivity index (χ3v) is 4.98. The Labute approximate surface area is 115 Å². The number of hydrogen-bond acceptors (Lipinski definition) is 3. The molecule has 3 atom stereocenters. The normalized spacial score (nSPS) is 23.3. The largest absolute Gasteiger partial charge is 0.326 e. The summed E-state index contributed by atoms with van der Waals surface area (Å²) in [6.45, 7) is 4.24. The van der Waals surface area contributed by atoms with Gasteiger partial charge in [0.15, 0.2) is 0 Å². The lowest BCUT2D eigenvalue weighted by atomic mass is 9.97. The fourth-order valence-corrected chi connectivity index (χ4v) is 4.02. The smallest absolute Gasteiger partial charge is 0.0496 e. The molecule has 1 aliphatic rings. The van der Waals surface area contributed by atoms with E-state index in [0.717, 1.165) is 0 Å². The van der Waals surface area contributed by atoms with E-state index in [9.17, 15) is 0 Å². The van der Waals surface area contributed by atoms with Gasteiger partial charge >= 0.3 is 0 Å². The number of thioether (sulfide) groups is 1. The van der Waals surface area contributed by atoms with Gasteiger partial charge in [-0.2, -0.15) is 11.8 Å². The van der Waals surface area contributed by atoms with Gasteiger partial charge in [-0.05, 0) is 38.6 Å². The van der Waals surface area contributed by atoms with E-state index in [0.29, 0.717) is 12.1 Å². The van der Waals surface area contributed by atoms with Crippen molar-refractivity contribution in [2.45, 2.75) is 38.4 Å². The van der Waals surface area contributed by atoms with Gasteiger partial charge < -0.3 is 5.73 Å². The van der Waals surface area contributed by atoms with Gasteiger partial charge in [0, 0.05) is 23.9 Å². The molecule has 0 radical (unpaired) electrons. The van der Waals surface area contributed by atoms with Crippen LogP contribution in [0.25, 0.3) is 0 Å². The molecular weight excluding hydrogens is 240 g/mol. The molecule has 1 aromatic rings. The van der Waals surface area contributed by atoms with Crippen molar-refractivity contribution in [3.05, 3.63) is 35.4 Å². The van der Waals surface area contributed by atoms with E-state index < -0.39 is 0 Å². The fourth-order valence-electron chi connectivity index (χ4n) is 2.74. The minimum atomic E-state index is 0.156. The Balaban J connectivity index is 2.19. The number of nitrogens with two attached hydrogens (primary N) is 1. The second kappa shape index (κ2) is 6.09. The van der Waals surface area contributed by atoms with Crippen LogP contribution in [-0.4, -0.2) is 35.5 Å². The van der Waals surface area contributed by atoms with Crippen molar-refractivity contribution in [1.82, 2.24) is 4.90 Å². The summed E-state index contributed by atoms with van der Waals surface area (Å²) in [4.78, 5) is 2.48. The molecule has 3 unspecified atom stereocenters. The molecule has 1 aliphatic heterocycles. The Morgan fingerprint density at radius 1 is 1.33 bits per heavy atom. The van der Waals surface area contributed by atoms with Gasteiger partial charge in [0.1, 0.15) is 0 Å². The van der Waals surface area contributed by atoms with Crippen molar-refractivity contribution in [3.8, 4) is 0 Å². The Hall–Kier alpha value is -0.510. The number of hydrogen-bond donors (Lipinski definition) is 1. The maximum absolute atomic E-state index is 6.23. The SMILES string of the molecule is Cc1ccc(C(C(C)N)N(C)C2CCSC2)cc1. The van der Waals surface area contributed by atoms with Crippen LogP contribution in [-0.2, 0) is 0 Å². The lowest BCUT2D eigenvalue weighted by Crippen LogP contribution is -2.43. The third kappa shape index (κ3) is 3.08. The van der Waals surface area contributed by atoms with Gasteiger partial charge in [-0.25, -0.2) is 0 Å². The average Bonchev–Trinajstić information content (AvgIpc) is 2.85. The highest BCUT2D eigenvalue weighted by Gasteiger charge is 2.29. The fraction of sp³-hybridized carbons (Fsp3) is 0.600. The summed E-state index contributed by atoms with van der Waals surface area (Å²) < 4.78 is 0. The van der Waals surface area contributed by atoms with Crippen LogP contribution in [0.3, 0.4) is 0 Å². The summed E-state index contributed by atoms with van der Waals surface area (Å²) in [5.74, 6) is 2.53. The van der Waals surface area contributed by atoms with Gasteiger partial charge in [-0.3, -0.25) is 4.90 Å². The summed E-state index contributed by atoms with van der Waals surface area (Å²) in [6, 6.07) is 9.97. The van der Waals surface area contributed by atoms with Crippen LogP contribution >= 0.6 is 11.8 Å². The van der Waals surface area contributed by atoms with Gasteiger partial charge in [-0.15, -0.1) is 0 Å². The molecule has 2 nitrogen and oxygen atoms in total. The Morgan fingerprint density at radius 3 is 2.50 bits per heavy atom. The van der Waals surface area contributed by atoms with Crippen molar-refractivity contribution in [1.29, 1.82) is 0 Å². The van der Waals surface area contributed by atoms with E-state index >= 15 is 0 Å². The molecule has 18 heavy (non-hydrogen) atoms. The summed E-state index contributed by atoms with van der Waals surface area (Å²) >= 11 is 2.05. The Kier molecular flexibility index (Phi) is 4.71. The summed E-state index contributed by atoms with van der Waals surface area (Å²) in [5.41, 5.74) is 8.88. The van der Waals surface area contributed by atoms with Crippen LogP contribution in [0.2, 0.25) is 0 Å². The zero-order valence-electron chi connectivity index (χ0n) is 11.6. The summed E-state index contributed by atoms with van der Waals surface area (Å²) in [6.07, 6.45) is 1.29. The topological polar surface area (TPSA) is 29.3 Å². The highest BCUT2D eigenvalue weighted by atomic mass is 32.2. The molecule has 0 bridgehead atoms. The summed E-state index contributed by atoms with van der Waals surface area (Å²) in [5, 5.41) is 0. The lowest BCUT2D eigenvalue weighted by molar-refractivity contribution is 0.168. The number of aryl methyl sites for hydroxylation is 1. The quantitative estimate of drug-likeness (QED) is 0.907.